The molecule has 700 valence electrons. The summed E-state index contributed by atoms with van der Waals surface area (Å²) in [6, 6.07) is 80.4. The van der Waals surface area contributed by atoms with Crippen molar-refractivity contribution in [1.82, 2.24) is 59.2 Å². The van der Waals surface area contributed by atoms with E-state index in [1.165, 1.54) is 43.4 Å². The molecule has 30 rings (SSSR count). The first kappa shape index (κ1) is 84.1. The van der Waals surface area contributed by atoms with E-state index in [0.29, 0.717) is 43.2 Å². The van der Waals surface area contributed by atoms with Gasteiger partial charge >= 0.3 is 18.2 Å². The Bertz CT molecular complexity index is 7830. The van der Waals surface area contributed by atoms with Gasteiger partial charge in [0.2, 0.25) is 33.1 Å². The van der Waals surface area contributed by atoms with Gasteiger partial charge in [-0.3, -0.25) is 38.8 Å². The topological polar surface area (TPSA) is 313 Å². The first-order chi connectivity index (χ1) is 68.6. The van der Waals surface area contributed by atoms with E-state index in [9.17, 15) is 33.6 Å². The molecule has 5 N–H and O–H groups in total. The van der Waals surface area contributed by atoms with E-state index in [2.05, 4.69) is 109 Å². The van der Waals surface area contributed by atoms with Gasteiger partial charge in [-0.05, 0) is 178 Å². The number of ether oxygens (including phenoxy) is 10. The SMILES string of the molecule is CC1C(=O)[C@H]2Cc3c([nH]c4ccccc34)[C@@H](c3ccc4c(c3)OCO4)N2C1=O.CN1C[C@@H]2Cc3c([nH]c4ccccc34)[C@H](c3ccc4c(c3)OCO4)N2C1=O.COc1ccc([C@@H]2c3[nH]c4ccccc4c3C[C@H]3C(=O)N(Cc4ccccc4)C(=O)N23)cc1.O=C1CCN2[C@H](c3ccc4c(c3)OCO4)c3[nH]c4ccccc4c3C[C@H]12.O=C1OCC2Cc3c([nH]c4ccccc34)C(c3ccc4c(c3)OCO4)N12. The number of cyclic esters (lactones) is 1. The van der Waals surface area contributed by atoms with Gasteiger partial charge in [0.1, 0.15) is 30.5 Å². The summed E-state index contributed by atoms with van der Waals surface area (Å²) in [5.74, 6) is 6.15. The zero-order chi connectivity index (χ0) is 94.1. The number of urea groups is 2. The minimum absolute atomic E-state index is 0.00618. The standard InChI is InChI=1S/C27H23N3O3.C22H18N2O4.C21H19N3O3.C21H18N2O3.C20H16N2O4/c1-33-19-13-11-18(12-14-19)25-24-21(20-9-5-6-10-22(20)28-24)15-23-26(31)29(27(32)30(23)25)16-17-7-3-2-4-8-17;1-11-21(25)16-9-14-13-4-2-3-5-15(13)23-19(14)20(24(16)22(11)26)12-6-7-17-18(8-12)28-10-27-17;1-23-10-13-9-15-14-4-2-3-5-16(14)22-19(15)20(24(13)21(23)25)12-6-7-17-18(8-12)27-11-26-17;24-17-7-8-23-16(17)10-14-13-3-1-2-4-15(13)22-20(14)21(23)12-5-6-18-19(9-12)26-11-25-18;23-20-22-12(9-24-20)8-14-13-3-1-2-4-15(13)21-18(14)19(22)11-5-6-16-17(7-11)26-10-25-16/h2-14,23,25,28H,15-16H2,1H3;2-8,11,16,20,23H,9-10H2,1H3;2-8,13,20,22H,9-11H2,1H3;1-6,9,16,21-22H,7-8,10-11H2;1-7,12,19,21H,8-10H2/t23-,25+;11?,16-,20-;13-,20-;16-,21-;/m0101./s1. The molecule has 0 radical (unpaired) electrons. The maximum absolute atomic E-state index is 13.7. The summed E-state index contributed by atoms with van der Waals surface area (Å²) in [6.07, 6.45) is 3.88. The lowest BCUT2D eigenvalue weighted by molar-refractivity contribution is -0.133. The number of hydrogen-bond donors (Lipinski definition) is 5. The molecule has 29 heteroatoms. The zero-order valence-corrected chi connectivity index (χ0v) is 76.5. The summed E-state index contributed by atoms with van der Waals surface area (Å²) < 4.78 is 54.8. The first-order valence-electron chi connectivity index (χ1n) is 47.6. The molecule has 16 aromatic rings. The lowest BCUT2D eigenvalue weighted by Crippen LogP contribution is -2.44. The molecule has 29 nitrogen and oxygen atoms in total. The molecule has 0 saturated carbocycles. The van der Waals surface area contributed by atoms with Crippen molar-refractivity contribution in [3.05, 3.63) is 338 Å². The molecule has 5 fully saturated rings. The molecule has 11 aromatic carbocycles. The van der Waals surface area contributed by atoms with Gasteiger partial charge in [-0.15, -0.1) is 0 Å². The maximum atomic E-state index is 13.7. The van der Waals surface area contributed by atoms with Gasteiger partial charge in [0.15, 0.2) is 57.6 Å². The fourth-order valence-corrected chi connectivity index (χ4v) is 24.0. The van der Waals surface area contributed by atoms with Gasteiger partial charge < -0.3 is 87.0 Å². The van der Waals surface area contributed by atoms with Gasteiger partial charge in [0, 0.05) is 122 Å². The van der Waals surface area contributed by atoms with Crippen LogP contribution in [0.25, 0.3) is 54.5 Å². The van der Waals surface area contributed by atoms with Gasteiger partial charge in [-0.2, -0.15) is 0 Å². The average Bonchev–Trinajstić information content (AvgIpc) is 1.57. The number of Topliss-reactive ketones (excluding diaryl/α,β-unsaturated/α-hetero) is 2. The molecule has 5 aromatic heterocycles. The zero-order valence-electron chi connectivity index (χ0n) is 76.5. The van der Waals surface area contributed by atoms with Crippen molar-refractivity contribution < 1.29 is 80.9 Å². The average molecular weight is 1870 g/mol. The van der Waals surface area contributed by atoms with Crippen molar-refractivity contribution in [2.45, 2.75) is 112 Å². The molecule has 19 heterocycles. The second kappa shape index (κ2) is 33.2. The predicted molar refractivity (Wildman–Crippen MR) is 516 cm³/mol. The van der Waals surface area contributed by atoms with Crippen LogP contribution in [0.2, 0.25) is 0 Å². The number of likely N-dealkylation sites (N-methyl/N-ethyl adjacent to an activating group) is 1. The van der Waals surface area contributed by atoms with Crippen LogP contribution in [0, 0.1) is 5.92 Å². The molecule has 5 saturated heterocycles. The second-order valence-electron chi connectivity index (χ2n) is 37.9. The fourth-order valence-electron chi connectivity index (χ4n) is 24.0. The van der Waals surface area contributed by atoms with E-state index in [1.807, 2.05) is 192 Å². The number of rotatable bonds is 8. The number of para-hydroxylation sites is 5. The Kier molecular flexibility index (Phi) is 19.9. The Labute approximate surface area is 801 Å². The number of H-pyrrole nitrogens is 5. The lowest BCUT2D eigenvalue weighted by atomic mass is 9.88. The molecule has 0 bridgehead atoms. The Morgan fingerprint density at radius 1 is 0.350 bits per heavy atom. The van der Waals surface area contributed by atoms with Crippen LogP contribution in [-0.4, -0.2) is 192 Å². The number of nitrogens with one attached hydrogen (secondary N) is 5. The molecule has 3 unspecified atom stereocenters. The number of amides is 7. The summed E-state index contributed by atoms with van der Waals surface area (Å²) in [5, 5.41) is 5.91. The third-order valence-corrected chi connectivity index (χ3v) is 30.5. The number of fused-ring (bicyclic) bond motifs is 24. The van der Waals surface area contributed by atoms with E-state index in [0.717, 1.165) is 178 Å². The highest BCUT2D eigenvalue weighted by atomic mass is 16.7. The van der Waals surface area contributed by atoms with E-state index in [1.54, 1.807) is 23.8 Å². The Morgan fingerprint density at radius 3 is 1.19 bits per heavy atom. The monoisotopic (exact) mass is 1870 g/mol. The minimum atomic E-state index is -0.600. The van der Waals surface area contributed by atoms with Gasteiger partial charge in [-0.25, -0.2) is 14.4 Å². The van der Waals surface area contributed by atoms with Crippen LogP contribution in [0.5, 0.6) is 51.7 Å². The number of hydrogen-bond acceptors (Lipinski definition) is 18. The number of nitrogens with zero attached hydrogens (tertiary/aromatic N) is 7. The summed E-state index contributed by atoms with van der Waals surface area (Å²) in [6.45, 7) is 4.91. The third kappa shape index (κ3) is 13.6. The fraction of sp³-hybridized carbons (Fsp3) is 0.252. The van der Waals surface area contributed by atoms with Crippen molar-refractivity contribution in [2.24, 2.45) is 5.92 Å². The van der Waals surface area contributed by atoms with Crippen LogP contribution in [0.3, 0.4) is 0 Å². The molecule has 0 aliphatic carbocycles. The minimum Gasteiger partial charge on any atom is -0.497 e. The first-order valence-corrected chi connectivity index (χ1v) is 47.6. The number of carbonyl (C=O) groups is 7. The Morgan fingerprint density at radius 2 is 0.729 bits per heavy atom. The molecule has 14 aliphatic rings. The number of aromatic amines is 5. The van der Waals surface area contributed by atoms with Crippen LogP contribution >= 0.6 is 0 Å². The number of carbonyl (C=O) groups excluding carboxylic acids is 7. The number of aromatic nitrogens is 5. The molecule has 0 spiro atoms. The van der Waals surface area contributed by atoms with Crippen molar-refractivity contribution in [1.29, 1.82) is 0 Å². The van der Waals surface area contributed by atoms with Gasteiger partial charge in [0.25, 0.3) is 5.91 Å². The molecular formula is C111H94N12O17. The van der Waals surface area contributed by atoms with Crippen molar-refractivity contribution >= 4 is 96.1 Å². The molecule has 14 aliphatic heterocycles. The summed E-state index contributed by atoms with van der Waals surface area (Å²) in [7, 11) is 3.51. The molecule has 7 amide bonds. The molecule has 140 heavy (non-hydrogen) atoms. The molecule has 11 atom stereocenters. The smallest absolute Gasteiger partial charge is 0.411 e. The van der Waals surface area contributed by atoms with Crippen LogP contribution in [-0.2, 0) is 62.6 Å². The highest BCUT2D eigenvalue weighted by Gasteiger charge is 2.56. The summed E-state index contributed by atoms with van der Waals surface area (Å²) in [4.78, 5) is 122. The van der Waals surface area contributed by atoms with Gasteiger partial charge in [-0.1, -0.05) is 158 Å². The number of benzene rings is 11. The van der Waals surface area contributed by atoms with Crippen LogP contribution in [0.15, 0.2) is 249 Å². The van der Waals surface area contributed by atoms with E-state index in [-0.39, 0.29) is 118 Å². The maximum Gasteiger partial charge on any atom is 0.411 e. The Balaban J connectivity index is 0.0000000903. The van der Waals surface area contributed by atoms with Crippen LogP contribution in [0.1, 0.15) is 133 Å². The second-order valence-corrected chi connectivity index (χ2v) is 37.9. The number of ketones is 2. The predicted octanol–water partition coefficient (Wildman–Crippen LogP) is 17.4. The Hall–Kier alpha value is -16.4. The van der Waals surface area contributed by atoms with E-state index < -0.39 is 18.0 Å². The van der Waals surface area contributed by atoms with E-state index >= 15 is 0 Å². The lowest BCUT2D eigenvalue weighted by Gasteiger charge is -2.37. The molecular weight excluding hydrogens is 1770 g/mol. The summed E-state index contributed by atoms with van der Waals surface area (Å²) >= 11 is 0. The highest BCUT2D eigenvalue weighted by Crippen LogP contribution is 2.54. The number of imide groups is 1. The van der Waals surface area contributed by atoms with Crippen LogP contribution < -0.4 is 42.6 Å². The largest absolute Gasteiger partial charge is 0.497 e. The third-order valence-electron chi connectivity index (χ3n) is 30.5. The number of methoxy groups -OCH3 is 1. The summed E-state index contributed by atoms with van der Waals surface area (Å²) in [5.41, 5.74) is 22.8. The van der Waals surface area contributed by atoms with E-state index in [4.69, 9.17) is 47.4 Å². The van der Waals surface area contributed by atoms with Crippen molar-refractivity contribution in [2.75, 3.05) is 61.0 Å². The highest BCUT2D eigenvalue weighted by molar-refractivity contribution is 6.11. The normalized spacial score (nSPS) is 22.9. The van der Waals surface area contributed by atoms with Gasteiger partial charge in [0.05, 0.1) is 61.9 Å². The van der Waals surface area contributed by atoms with Crippen LogP contribution in [0.4, 0.5) is 14.4 Å². The van der Waals surface area contributed by atoms with Crippen molar-refractivity contribution in [3.8, 4) is 51.7 Å². The van der Waals surface area contributed by atoms with Crippen molar-refractivity contribution in [3.63, 3.8) is 0 Å². The quantitative estimate of drug-likeness (QED) is 0.0697.